The van der Waals surface area contributed by atoms with E-state index in [1.807, 2.05) is 24.3 Å². The fourth-order valence-corrected chi connectivity index (χ4v) is 2.76. The summed E-state index contributed by atoms with van der Waals surface area (Å²) in [7, 11) is 0. The predicted octanol–water partition coefficient (Wildman–Crippen LogP) is 3.94. The monoisotopic (exact) mass is 380 g/mol. The highest BCUT2D eigenvalue weighted by Gasteiger charge is 2.31. The summed E-state index contributed by atoms with van der Waals surface area (Å²) in [5.74, 6) is 0.00827. The first-order valence-electron chi connectivity index (χ1n) is 8.72. The number of carbonyl (C=O) groups is 1. The number of nitrogens with zero attached hydrogens (tertiary/aromatic N) is 1. The van der Waals surface area contributed by atoms with Crippen molar-refractivity contribution < 1.29 is 18.0 Å². The summed E-state index contributed by atoms with van der Waals surface area (Å²) in [5, 5.41) is 2.71. The molecule has 0 aliphatic heterocycles. The van der Waals surface area contributed by atoms with Crippen molar-refractivity contribution >= 4 is 5.91 Å². The Labute approximate surface area is 156 Å². The Kier molecular flexibility index (Phi) is 6.46. The minimum absolute atomic E-state index is 0.327. The molecule has 0 unspecified atom stereocenters. The second-order valence-corrected chi connectivity index (χ2v) is 7.01. The van der Waals surface area contributed by atoms with E-state index in [2.05, 4.69) is 19.2 Å². The topological polar surface area (TPSA) is 51.1 Å². The molecule has 146 valence electrons. The van der Waals surface area contributed by atoms with Crippen molar-refractivity contribution in [3.8, 4) is 0 Å². The molecule has 0 spiro atoms. The molecule has 0 aliphatic carbocycles. The number of aromatic nitrogens is 1. The molecule has 4 nitrogen and oxygen atoms in total. The second kappa shape index (κ2) is 8.41. The van der Waals surface area contributed by atoms with Gasteiger partial charge in [-0.05, 0) is 36.5 Å². The van der Waals surface area contributed by atoms with Crippen LogP contribution in [0.2, 0.25) is 0 Å². The standard InChI is InChI=1S/C20H23F3N2O2/c1-13(2)10-15-4-6-16(7-5-15)14(3)24-18(26)12-25-11-17(20(21,22)23)8-9-19(25)27/h4-9,11,13-14H,10,12H2,1-3H3,(H,24,26)/t14-/m1/s1. The molecule has 2 aromatic rings. The molecule has 1 N–H and O–H groups in total. The van der Waals surface area contributed by atoms with Crippen molar-refractivity contribution in [3.63, 3.8) is 0 Å². The van der Waals surface area contributed by atoms with E-state index in [1.165, 1.54) is 5.56 Å². The summed E-state index contributed by atoms with van der Waals surface area (Å²) in [4.78, 5) is 23.9. The van der Waals surface area contributed by atoms with Crippen molar-refractivity contribution in [2.45, 2.75) is 46.0 Å². The summed E-state index contributed by atoms with van der Waals surface area (Å²) in [5.41, 5.74) is 0.447. The molecule has 0 saturated carbocycles. The van der Waals surface area contributed by atoms with Gasteiger partial charge in [0.05, 0.1) is 11.6 Å². The molecule has 0 fully saturated rings. The Morgan fingerprint density at radius 1 is 1.07 bits per heavy atom. The highest BCUT2D eigenvalue weighted by molar-refractivity contribution is 5.76. The first kappa shape index (κ1) is 20.7. The molecule has 0 saturated heterocycles. The molecular weight excluding hydrogens is 357 g/mol. The van der Waals surface area contributed by atoms with Gasteiger partial charge in [-0.2, -0.15) is 13.2 Å². The molecule has 0 radical (unpaired) electrons. The minimum atomic E-state index is -4.57. The number of halogens is 3. The van der Waals surface area contributed by atoms with Crippen molar-refractivity contribution in [2.75, 3.05) is 0 Å². The second-order valence-electron chi connectivity index (χ2n) is 7.01. The third-order valence-corrected chi connectivity index (χ3v) is 4.13. The Morgan fingerprint density at radius 2 is 1.70 bits per heavy atom. The van der Waals surface area contributed by atoms with Crippen molar-refractivity contribution in [1.82, 2.24) is 9.88 Å². The fourth-order valence-electron chi connectivity index (χ4n) is 2.76. The van der Waals surface area contributed by atoms with Gasteiger partial charge in [-0.1, -0.05) is 38.1 Å². The molecular formula is C20H23F3N2O2. The first-order chi connectivity index (χ1) is 12.6. The maximum Gasteiger partial charge on any atom is 0.417 e. The Morgan fingerprint density at radius 3 is 2.26 bits per heavy atom. The van der Waals surface area contributed by atoms with Gasteiger partial charge in [0.25, 0.3) is 5.56 Å². The normalized spacial score (nSPS) is 12.9. The van der Waals surface area contributed by atoms with Crippen LogP contribution in [0.3, 0.4) is 0 Å². The molecule has 2 rings (SSSR count). The number of carbonyl (C=O) groups excluding carboxylic acids is 1. The molecule has 27 heavy (non-hydrogen) atoms. The molecule has 1 heterocycles. The minimum Gasteiger partial charge on any atom is -0.348 e. The predicted molar refractivity (Wildman–Crippen MR) is 97.2 cm³/mol. The van der Waals surface area contributed by atoms with Crippen molar-refractivity contribution in [1.29, 1.82) is 0 Å². The van der Waals surface area contributed by atoms with Crippen LogP contribution in [0.5, 0.6) is 0 Å². The lowest BCUT2D eigenvalue weighted by Gasteiger charge is -2.16. The summed E-state index contributed by atoms with van der Waals surface area (Å²) in [6.07, 6.45) is -2.95. The molecule has 1 amide bonds. The van der Waals surface area contributed by atoms with Gasteiger partial charge >= 0.3 is 6.18 Å². The molecule has 0 aliphatic rings. The van der Waals surface area contributed by atoms with Crippen LogP contribution >= 0.6 is 0 Å². The number of rotatable bonds is 6. The van der Waals surface area contributed by atoms with Gasteiger partial charge in [0.2, 0.25) is 5.91 Å². The van der Waals surface area contributed by atoms with E-state index in [9.17, 15) is 22.8 Å². The van der Waals surface area contributed by atoms with Crippen LogP contribution in [0.25, 0.3) is 0 Å². The lowest BCUT2D eigenvalue weighted by Crippen LogP contribution is -2.34. The van der Waals surface area contributed by atoms with Crippen LogP contribution in [0.1, 0.15) is 43.5 Å². The Bertz CT molecular complexity index is 840. The average molecular weight is 380 g/mol. The lowest BCUT2D eigenvalue weighted by atomic mass is 10.00. The van der Waals surface area contributed by atoms with E-state index in [0.717, 1.165) is 22.6 Å². The zero-order valence-electron chi connectivity index (χ0n) is 15.5. The quantitative estimate of drug-likeness (QED) is 0.825. The summed E-state index contributed by atoms with van der Waals surface area (Å²) in [6, 6.07) is 9.01. The summed E-state index contributed by atoms with van der Waals surface area (Å²) in [6.45, 7) is 5.57. The number of benzene rings is 1. The number of amides is 1. The van der Waals surface area contributed by atoms with Crippen LogP contribution in [-0.4, -0.2) is 10.5 Å². The summed E-state index contributed by atoms with van der Waals surface area (Å²) >= 11 is 0. The van der Waals surface area contributed by atoms with Gasteiger partial charge in [0.15, 0.2) is 0 Å². The molecule has 1 aromatic carbocycles. The van der Waals surface area contributed by atoms with Gasteiger partial charge in [0.1, 0.15) is 6.54 Å². The average Bonchev–Trinajstić information content (AvgIpc) is 2.55. The van der Waals surface area contributed by atoms with E-state index in [4.69, 9.17) is 0 Å². The van der Waals surface area contributed by atoms with E-state index >= 15 is 0 Å². The van der Waals surface area contributed by atoms with Gasteiger partial charge in [-0.3, -0.25) is 9.59 Å². The highest BCUT2D eigenvalue weighted by atomic mass is 19.4. The van der Waals surface area contributed by atoms with E-state index in [1.54, 1.807) is 6.92 Å². The largest absolute Gasteiger partial charge is 0.417 e. The molecule has 1 aromatic heterocycles. The number of nitrogens with one attached hydrogen (secondary N) is 1. The van der Waals surface area contributed by atoms with Crippen LogP contribution in [0.4, 0.5) is 13.2 Å². The zero-order chi connectivity index (χ0) is 20.2. The van der Waals surface area contributed by atoms with E-state index < -0.39 is 29.8 Å². The number of pyridine rings is 1. The van der Waals surface area contributed by atoms with E-state index in [0.29, 0.717) is 18.2 Å². The smallest absolute Gasteiger partial charge is 0.348 e. The van der Waals surface area contributed by atoms with Crippen molar-refractivity contribution in [2.24, 2.45) is 5.92 Å². The SMILES string of the molecule is CC(C)Cc1ccc([C@@H](C)NC(=O)Cn2cc(C(F)(F)F)ccc2=O)cc1. The fraction of sp³-hybridized carbons (Fsp3) is 0.400. The first-order valence-corrected chi connectivity index (χ1v) is 8.72. The van der Waals surface area contributed by atoms with Crippen LogP contribution < -0.4 is 10.9 Å². The van der Waals surface area contributed by atoms with Crippen LogP contribution in [0.15, 0.2) is 47.4 Å². The third-order valence-electron chi connectivity index (χ3n) is 4.13. The highest BCUT2D eigenvalue weighted by Crippen LogP contribution is 2.28. The molecule has 0 bridgehead atoms. The maximum atomic E-state index is 12.8. The van der Waals surface area contributed by atoms with Crippen molar-refractivity contribution in [3.05, 3.63) is 69.6 Å². The van der Waals surface area contributed by atoms with Gasteiger partial charge in [-0.15, -0.1) is 0 Å². The lowest BCUT2D eigenvalue weighted by molar-refractivity contribution is -0.138. The van der Waals surface area contributed by atoms with Crippen LogP contribution in [0, 0.1) is 5.92 Å². The van der Waals surface area contributed by atoms with Gasteiger partial charge < -0.3 is 9.88 Å². The maximum absolute atomic E-state index is 12.8. The molecule has 1 atom stereocenters. The Balaban J connectivity index is 2.04. The number of alkyl halides is 3. The number of hydrogen-bond acceptors (Lipinski definition) is 2. The number of hydrogen-bond donors (Lipinski definition) is 1. The van der Waals surface area contributed by atoms with Gasteiger partial charge in [0, 0.05) is 12.3 Å². The molecule has 7 heteroatoms. The zero-order valence-corrected chi connectivity index (χ0v) is 15.5. The van der Waals surface area contributed by atoms with Gasteiger partial charge in [-0.25, -0.2) is 0 Å². The third kappa shape index (κ3) is 5.98. The van der Waals surface area contributed by atoms with Crippen LogP contribution in [-0.2, 0) is 23.9 Å². The van der Waals surface area contributed by atoms with E-state index in [-0.39, 0.29) is 6.04 Å². The summed E-state index contributed by atoms with van der Waals surface area (Å²) < 4.78 is 39.1. The Hall–Kier alpha value is -2.57.